The molecule has 2 aromatic rings. The zero-order valence-electron chi connectivity index (χ0n) is 10.7. The van der Waals surface area contributed by atoms with Crippen LogP contribution >= 0.6 is 23.2 Å². The van der Waals surface area contributed by atoms with Crippen molar-refractivity contribution in [3.63, 3.8) is 0 Å². The Hall–Kier alpha value is -1.09. The highest BCUT2D eigenvalue weighted by atomic mass is 35.5. The molecule has 0 aliphatic carbocycles. The number of rotatable bonds is 3. The van der Waals surface area contributed by atoms with Crippen LogP contribution in [0.25, 0.3) is 11.1 Å². The monoisotopic (exact) mass is 297 g/mol. The maximum Gasteiger partial charge on any atom is 0.123 e. The van der Waals surface area contributed by atoms with Gasteiger partial charge < -0.3 is 5.32 Å². The lowest BCUT2D eigenvalue weighted by atomic mass is 9.95. The van der Waals surface area contributed by atoms with Crippen LogP contribution in [-0.4, -0.2) is 7.05 Å². The Bertz CT molecular complexity index is 599. The molecule has 2 rings (SSSR count). The van der Waals surface area contributed by atoms with E-state index in [0.717, 1.165) is 16.7 Å². The van der Waals surface area contributed by atoms with Gasteiger partial charge in [0.1, 0.15) is 5.82 Å². The van der Waals surface area contributed by atoms with Gasteiger partial charge in [-0.2, -0.15) is 0 Å². The lowest BCUT2D eigenvalue weighted by molar-refractivity contribution is 0.620. The molecule has 0 heterocycles. The summed E-state index contributed by atoms with van der Waals surface area (Å²) in [5, 5.41) is 4.23. The quantitative estimate of drug-likeness (QED) is 0.833. The van der Waals surface area contributed by atoms with Gasteiger partial charge >= 0.3 is 0 Å². The molecule has 1 nitrogen and oxygen atoms in total. The van der Waals surface area contributed by atoms with Crippen molar-refractivity contribution in [1.82, 2.24) is 5.32 Å². The summed E-state index contributed by atoms with van der Waals surface area (Å²) in [6.07, 6.45) is 0. The summed E-state index contributed by atoms with van der Waals surface area (Å²) in [5.74, 6) is -0.284. The highest BCUT2D eigenvalue weighted by Gasteiger charge is 2.14. The molecule has 0 aliphatic heterocycles. The fraction of sp³-hybridized carbons (Fsp3) is 0.200. The molecular formula is C15H14Cl2FN. The van der Waals surface area contributed by atoms with E-state index >= 15 is 0 Å². The fourth-order valence-corrected chi connectivity index (χ4v) is 2.51. The third-order valence-electron chi connectivity index (χ3n) is 3.14. The third-order valence-corrected chi connectivity index (χ3v) is 3.68. The van der Waals surface area contributed by atoms with E-state index in [1.165, 1.54) is 12.1 Å². The van der Waals surface area contributed by atoms with Crippen LogP contribution in [0.5, 0.6) is 0 Å². The van der Waals surface area contributed by atoms with E-state index in [0.29, 0.717) is 10.0 Å². The van der Waals surface area contributed by atoms with Crippen LogP contribution in [0.4, 0.5) is 4.39 Å². The predicted octanol–water partition coefficient (Wildman–Crippen LogP) is 5.08. The van der Waals surface area contributed by atoms with Gasteiger partial charge in [-0.3, -0.25) is 0 Å². The molecule has 19 heavy (non-hydrogen) atoms. The van der Waals surface area contributed by atoms with Crippen LogP contribution in [0.2, 0.25) is 10.0 Å². The minimum absolute atomic E-state index is 0.0994. The molecule has 0 aliphatic rings. The molecule has 0 amide bonds. The topological polar surface area (TPSA) is 12.0 Å². The molecular weight excluding hydrogens is 284 g/mol. The second-order valence-electron chi connectivity index (χ2n) is 4.37. The lowest BCUT2D eigenvalue weighted by Crippen LogP contribution is -2.13. The summed E-state index contributed by atoms with van der Waals surface area (Å²) < 4.78 is 13.5. The van der Waals surface area contributed by atoms with Crippen LogP contribution in [-0.2, 0) is 0 Å². The van der Waals surface area contributed by atoms with Crippen molar-refractivity contribution >= 4 is 23.2 Å². The zero-order chi connectivity index (χ0) is 14.0. The summed E-state index contributed by atoms with van der Waals surface area (Å²) in [4.78, 5) is 0. The highest BCUT2D eigenvalue weighted by Crippen LogP contribution is 2.35. The Morgan fingerprint density at radius 1 is 1.05 bits per heavy atom. The van der Waals surface area contributed by atoms with Crippen molar-refractivity contribution in [2.45, 2.75) is 13.0 Å². The lowest BCUT2D eigenvalue weighted by Gasteiger charge is -2.17. The first-order valence-electron chi connectivity index (χ1n) is 5.95. The van der Waals surface area contributed by atoms with E-state index in [1.54, 1.807) is 18.2 Å². The smallest absolute Gasteiger partial charge is 0.123 e. The van der Waals surface area contributed by atoms with Gasteiger partial charge in [0.2, 0.25) is 0 Å². The zero-order valence-corrected chi connectivity index (χ0v) is 12.2. The van der Waals surface area contributed by atoms with Crippen LogP contribution in [0.1, 0.15) is 18.5 Å². The molecule has 0 bridgehead atoms. The second-order valence-corrected chi connectivity index (χ2v) is 5.21. The first-order valence-corrected chi connectivity index (χ1v) is 6.70. The molecule has 100 valence electrons. The molecule has 1 N–H and O–H groups in total. The van der Waals surface area contributed by atoms with E-state index in [1.807, 2.05) is 20.0 Å². The molecule has 0 saturated carbocycles. The maximum absolute atomic E-state index is 13.5. The predicted molar refractivity (Wildman–Crippen MR) is 79.3 cm³/mol. The Labute approximate surface area is 122 Å². The van der Waals surface area contributed by atoms with Crippen molar-refractivity contribution in [3.8, 4) is 11.1 Å². The summed E-state index contributed by atoms with van der Waals surface area (Å²) in [7, 11) is 1.86. The van der Waals surface area contributed by atoms with Gasteiger partial charge in [0.25, 0.3) is 0 Å². The normalized spacial score (nSPS) is 12.5. The molecule has 0 spiro atoms. The van der Waals surface area contributed by atoms with E-state index in [2.05, 4.69) is 5.32 Å². The minimum atomic E-state index is -0.284. The van der Waals surface area contributed by atoms with Gasteiger partial charge in [0, 0.05) is 21.7 Å². The van der Waals surface area contributed by atoms with Gasteiger partial charge in [0.05, 0.1) is 0 Å². The van der Waals surface area contributed by atoms with Crippen LogP contribution in [0, 0.1) is 5.82 Å². The van der Waals surface area contributed by atoms with Crippen molar-refractivity contribution in [3.05, 3.63) is 57.8 Å². The van der Waals surface area contributed by atoms with Gasteiger partial charge in [-0.1, -0.05) is 35.3 Å². The summed E-state index contributed by atoms with van der Waals surface area (Å²) in [6.45, 7) is 2.01. The Morgan fingerprint density at radius 3 is 2.42 bits per heavy atom. The van der Waals surface area contributed by atoms with Gasteiger partial charge in [-0.15, -0.1) is 0 Å². The molecule has 0 fully saturated rings. The number of hydrogen-bond acceptors (Lipinski definition) is 1. The van der Waals surface area contributed by atoms with Crippen LogP contribution < -0.4 is 5.32 Å². The number of hydrogen-bond donors (Lipinski definition) is 1. The number of halogens is 3. The molecule has 4 heteroatoms. The summed E-state index contributed by atoms with van der Waals surface area (Å²) >= 11 is 12.1. The standard InChI is InChI=1S/C15H14Cl2FN/c1-9(19-2)12-6-4-11(18)8-14(12)13-5-3-10(16)7-15(13)17/h3-9,19H,1-2H3. The van der Waals surface area contributed by atoms with Gasteiger partial charge in [0.15, 0.2) is 0 Å². The van der Waals surface area contributed by atoms with Crippen molar-refractivity contribution in [2.75, 3.05) is 7.05 Å². The minimum Gasteiger partial charge on any atom is -0.313 e. The van der Waals surface area contributed by atoms with E-state index < -0.39 is 0 Å². The van der Waals surface area contributed by atoms with Crippen LogP contribution in [0.15, 0.2) is 36.4 Å². The van der Waals surface area contributed by atoms with E-state index in [-0.39, 0.29) is 11.9 Å². The highest BCUT2D eigenvalue weighted by molar-refractivity contribution is 6.36. The average molecular weight is 298 g/mol. The largest absolute Gasteiger partial charge is 0.313 e. The second kappa shape index (κ2) is 5.91. The first kappa shape index (κ1) is 14.3. The first-order chi connectivity index (χ1) is 9.02. The summed E-state index contributed by atoms with van der Waals surface area (Å²) in [6, 6.07) is 10.1. The summed E-state index contributed by atoms with van der Waals surface area (Å²) in [5.41, 5.74) is 2.55. The van der Waals surface area contributed by atoms with Gasteiger partial charge in [-0.05, 0) is 49.4 Å². The van der Waals surface area contributed by atoms with Crippen molar-refractivity contribution < 1.29 is 4.39 Å². The fourth-order valence-electron chi connectivity index (χ4n) is 2.00. The molecule has 0 radical (unpaired) electrons. The molecule has 2 aromatic carbocycles. The molecule has 0 aromatic heterocycles. The average Bonchev–Trinajstić information content (AvgIpc) is 2.38. The maximum atomic E-state index is 13.5. The van der Waals surface area contributed by atoms with Gasteiger partial charge in [-0.25, -0.2) is 4.39 Å². The Balaban J connectivity index is 2.62. The van der Waals surface area contributed by atoms with Crippen molar-refractivity contribution in [2.24, 2.45) is 0 Å². The van der Waals surface area contributed by atoms with Crippen LogP contribution in [0.3, 0.4) is 0 Å². The Morgan fingerprint density at radius 2 is 1.79 bits per heavy atom. The number of nitrogens with one attached hydrogen (secondary N) is 1. The molecule has 1 atom stereocenters. The van der Waals surface area contributed by atoms with E-state index in [9.17, 15) is 4.39 Å². The number of benzene rings is 2. The third kappa shape index (κ3) is 3.08. The molecule has 0 saturated heterocycles. The van der Waals surface area contributed by atoms with E-state index in [4.69, 9.17) is 23.2 Å². The SMILES string of the molecule is CNC(C)c1ccc(F)cc1-c1ccc(Cl)cc1Cl. The Kier molecular flexibility index (Phi) is 4.46. The molecule has 1 unspecified atom stereocenters. The van der Waals surface area contributed by atoms with Crippen molar-refractivity contribution in [1.29, 1.82) is 0 Å².